The molecule has 5 heteroatoms. The van der Waals surface area contributed by atoms with Gasteiger partial charge >= 0.3 is 5.97 Å². The van der Waals surface area contributed by atoms with E-state index in [0.29, 0.717) is 17.7 Å². The second kappa shape index (κ2) is 8.32. The van der Waals surface area contributed by atoms with Gasteiger partial charge in [-0.2, -0.15) is 0 Å². The lowest BCUT2D eigenvalue weighted by atomic mass is 10.1. The summed E-state index contributed by atoms with van der Waals surface area (Å²) in [5, 5.41) is 2.86. The Balaban J connectivity index is 2.38. The summed E-state index contributed by atoms with van der Waals surface area (Å²) >= 11 is 0. The molecule has 0 spiro atoms. The first-order valence-electron chi connectivity index (χ1n) is 6.66. The summed E-state index contributed by atoms with van der Waals surface area (Å²) in [5.41, 5.74) is 0.986. The van der Waals surface area contributed by atoms with Crippen molar-refractivity contribution < 1.29 is 14.3 Å². The Labute approximate surface area is 119 Å². The van der Waals surface area contributed by atoms with Crippen molar-refractivity contribution >= 4 is 11.9 Å². The van der Waals surface area contributed by atoms with E-state index in [2.05, 4.69) is 15.0 Å². The predicted molar refractivity (Wildman–Crippen MR) is 77.9 cm³/mol. The number of unbranched alkanes of at least 4 members (excludes halogenated alkanes) is 1. The molecule has 0 saturated carbocycles. The van der Waals surface area contributed by atoms with Gasteiger partial charge in [0.1, 0.15) is 0 Å². The number of rotatable bonds is 7. The van der Waals surface area contributed by atoms with E-state index in [1.165, 1.54) is 7.11 Å². The van der Waals surface area contributed by atoms with Crippen LogP contribution in [-0.4, -0.2) is 51.1 Å². The molecule has 0 heterocycles. The summed E-state index contributed by atoms with van der Waals surface area (Å²) in [6.45, 7) is 1.68. The van der Waals surface area contributed by atoms with E-state index in [9.17, 15) is 9.59 Å². The summed E-state index contributed by atoms with van der Waals surface area (Å²) in [6, 6.07) is 6.43. The van der Waals surface area contributed by atoms with E-state index in [-0.39, 0.29) is 5.91 Å². The highest BCUT2D eigenvalue weighted by atomic mass is 16.5. The average Bonchev–Trinajstić information content (AvgIpc) is 2.45. The Bertz CT molecular complexity index is 441. The Morgan fingerprint density at radius 3 is 2.25 bits per heavy atom. The van der Waals surface area contributed by atoms with Crippen molar-refractivity contribution in [2.24, 2.45) is 0 Å². The second-order valence-electron chi connectivity index (χ2n) is 4.84. The molecule has 5 nitrogen and oxygen atoms in total. The van der Waals surface area contributed by atoms with E-state index in [0.717, 1.165) is 19.4 Å². The largest absolute Gasteiger partial charge is 0.465 e. The van der Waals surface area contributed by atoms with Crippen molar-refractivity contribution in [1.29, 1.82) is 0 Å². The number of methoxy groups -OCH3 is 1. The van der Waals surface area contributed by atoms with Gasteiger partial charge in [0.25, 0.3) is 5.91 Å². The zero-order valence-corrected chi connectivity index (χ0v) is 12.3. The molecule has 0 atom stereocenters. The highest BCUT2D eigenvalue weighted by Crippen LogP contribution is 2.05. The lowest BCUT2D eigenvalue weighted by Crippen LogP contribution is -2.25. The van der Waals surface area contributed by atoms with Gasteiger partial charge in [-0.1, -0.05) is 0 Å². The van der Waals surface area contributed by atoms with Crippen LogP contribution in [0.2, 0.25) is 0 Å². The van der Waals surface area contributed by atoms with Crippen LogP contribution in [0.1, 0.15) is 33.6 Å². The van der Waals surface area contributed by atoms with Crippen LogP contribution < -0.4 is 5.32 Å². The highest BCUT2D eigenvalue weighted by Gasteiger charge is 2.08. The molecule has 0 unspecified atom stereocenters. The molecule has 0 aliphatic rings. The third-order valence-electron chi connectivity index (χ3n) is 2.89. The Morgan fingerprint density at radius 1 is 1.10 bits per heavy atom. The maximum Gasteiger partial charge on any atom is 0.337 e. The zero-order valence-electron chi connectivity index (χ0n) is 12.3. The van der Waals surface area contributed by atoms with Gasteiger partial charge in [-0.3, -0.25) is 4.79 Å². The smallest absolute Gasteiger partial charge is 0.337 e. The molecule has 1 aromatic carbocycles. The maximum atomic E-state index is 11.9. The maximum absolute atomic E-state index is 11.9. The lowest BCUT2D eigenvalue weighted by molar-refractivity contribution is 0.0600. The number of ether oxygens (including phenoxy) is 1. The van der Waals surface area contributed by atoms with Crippen LogP contribution in [0.3, 0.4) is 0 Å². The van der Waals surface area contributed by atoms with Gasteiger partial charge in [-0.25, -0.2) is 4.79 Å². The first-order chi connectivity index (χ1) is 9.54. The van der Waals surface area contributed by atoms with E-state index >= 15 is 0 Å². The Kier molecular flexibility index (Phi) is 6.73. The monoisotopic (exact) mass is 278 g/mol. The highest BCUT2D eigenvalue weighted by molar-refractivity contribution is 5.96. The van der Waals surface area contributed by atoms with Gasteiger partial charge in [0.2, 0.25) is 0 Å². The average molecular weight is 278 g/mol. The van der Waals surface area contributed by atoms with E-state index in [1.807, 2.05) is 14.1 Å². The minimum absolute atomic E-state index is 0.119. The minimum atomic E-state index is -0.402. The normalized spacial score (nSPS) is 10.4. The summed E-state index contributed by atoms with van der Waals surface area (Å²) in [4.78, 5) is 25.2. The first-order valence-corrected chi connectivity index (χ1v) is 6.66. The second-order valence-corrected chi connectivity index (χ2v) is 4.84. The summed E-state index contributed by atoms with van der Waals surface area (Å²) in [6.07, 6.45) is 2.00. The number of nitrogens with one attached hydrogen (secondary N) is 1. The first kappa shape index (κ1) is 16.2. The summed E-state index contributed by atoms with van der Waals surface area (Å²) in [5.74, 6) is -0.521. The van der Waals surface area contributed by atoms with Crippen LogP contribution in [0.25, 0.3) is 0 Å². The number of esters is 1. The standard InChI is InChI=1S/C15H22N2O3/c1-17(2)11-5-4-10-16-14(18)12-6-8-13(9-7-12)15(19)20-3/h6-9H,4-5,10-11H2,1-3H3,(H,16,18). The Hall–Kier alpha value is -1.88. The van der Waals surface area contributed by atoms with Crippen molar-refractivity contribution in [3.8, 4) is 0 Å². The summed E-state index contributed by atoms with van der Waals surface area (Å²) < 4.78 is 4.60. The Morgan fingerprint density at radius 2 is 1.70 bits per heavy atom. The molecule has 0 bridgehead atoms. The molecule has 1 N–H and O–H groups in total. The van der Waals surface area contributed by atoms with E-state index in [4.69, 9.17) is 0 Å². The number of carbonyl (C=O) groups is 2. The van der Waals surface area contributed by atoms with Crippen molar-refractivity contribution in [3.05, 3.63) is 35.4 Å². The summed E-state index contributed by atoms with van der Waals surface area (Å²) in [7, 11) is 5.39. The topological polar surface area (TPSA) is 58.6 Å². The van der Waals surface area contributed by atoms with Crippen LogP contribution in [-0.2, 0) is 4.74 Å². The van der Waals surface area contributed by atoms with Gasteiger partial charge in [0, 0.05) is 12.1 Å². The molecule has 110 valence electrons. The van der Waals surface area contributed by atoms with Crippen LogP contribution in [0.15, 0.2) is 24.3 Å². The molecule has 0 aliphatic heterocycles. The van der Waals surface area contributed by atoms with Crippen LogP contribution in [0, 0.1) is 0 Å². The van der Waals surface area contributed by atoms with Crippen molar-refractivity contribution in [2.75, 3.05) is 34.3 Å². The fourth-order valence-corrected chi connectivity index (χ4v) is 1.73. The number of benzene rings is 1. The van der Waals surface area contributed by atoms with Crippen LogP contribution in [0.4, 0.5) is 0 Å². The van der Waals surface area contributed by atoms with Crippen LogP contribution >= 0.6 is 0 Å². The quantitative estimate of drug-likeness (QED) is 0.607. The van der Waals surface area contributed by atoms with E-state index < -0.39 is 5.97 Å². The number of amides is 1. The lowest BCUT2D eigenvalue weighted by Gasteiger charge is -2.09. The van der Waals surface area contributed by atoms with Gasteiger partial charge in [-0.05, 0) is 57.7 Å². The number of hydrogen-bond acceptors (Lipinski definition) is 4. The van der Waals surface area contributed by atoms with Gasteiger partial charge in [0.05, 0.1) is 12.7 Å². The molecule has 1 rings (SSSR count). The van der Waals surface area contributed by atoms with Gasteiger partial charge < -0.3 is 15.0 Å². The molecule has 0 aromatic heterocycles. The third kappa shape index (κ3) is 5.40. The van der Waals surface area contributed by atoms with E-state index in [1.54, 1.807) is 24.3 Å². The molecule has 0 aliphatic carbocycles. The zero-order chi connectivity index (χ0) is 15.0. The van der Waals surface area contributed by atoms with Crippen molar-refractivity contribution in [3.63, 3.8) is 0 Å². The molecular formula is C15H22N2O3. The number of nitrogens with zero attached hydrogens (tertiary/aromatic N) is 1. The minimum Gasteiger partial charge on any atom is -0.465 e. The number of hydrogen-bond donors (Lipinski definition) is 1. The molecule has 0 saturated heterocycles. The SMILES string of the molecule is COC(=O)c1ccc(C(=O)NCCCCN(C)C)cc1. The number of carbonyl (C=O) groups excluding carboxylic acids is 2. The molecular weight excluding hydrogens is 256 g/mol. The fourth-order valence-electron chi connectivity index (χ4n) is 1.73. The molecule has 20 heavy (non-hydrogen) atoms. The molecule has 1 amide bonds. The van der Waals surface area contributed by atoms with Gasteiger partial charge in [-0.15, -0.1) is 0 Å². The van der Waals surface area contributed by atoms with Crippen LogP contribution in [0.5, 0.6) is 0 Å². The molecule has 0 fully saturated rings. The van der Waals surface area contributed by atoms with Gasteiger partial charge in [0.15, 0.2) is 0 Å². The third-order valence-corrected chi connectivity index (χ3v) is 2.89. The van der Waals surface area contributed by atoms with Crippen molar-refractivity contribution in [1.82, 2.24) is 10.2 Å². The predicted octanol–water partition coefficient (Wildman–Crippen LogP) is 1.54. The molecule has 0 radical (unpaired) electrons. The van der Waals surface area contributed by atoms with Crippen molar-refractivity contribution in [2.45, 2.75) is 12.8 Å². The fraction of sp³-hybridized carbons (Fsp3) is 0.467. The molecule has 1 aromatic rings.